The van der Waals surface area contributed by atoms with E-state index in [0.29, 0.717) is 6.42 Å². The van der Waals surface area contributed by atoms with Crippen molar-refractivity contribution >= 4 is 32.7 Å². The number of benzene rings is 2. The van der Waals surface area contributed by atoms with Gasteiger partial charge in [-0.05, 0) is 203 Å². The minimum Gasteiger partial charge on any atom is -0.390 e. The van der Waals surface area contributed by atoms with Gasteiger partial charge in [0.05, 0.1) is 29.5 Å². The number of allylic oxidation sites excluding steroid dienone is 8. The molecule has 3 aromatic heterocycles. The zero-order valence-corrected chi connectivity index (χ0v) is 49.4. The molecule has 4 fully saturated rings. The van der Waals surface area contributed by atoms with Crippen molar-refractivity contribution in [2.45, 2.75) is 195 Å². The molecule has 0 radical (unpaired) electrons. The largest absolute Gasteiger partial charge is 0.390 e. The standard InChI is InChI=1S/C72H94N8O3/c81-65-58(63-61-51(33-41-73-63)49-29-17-19-31-55(49)77-61)54-45-57(80-44-28-16-8-3-11-23-37-71(65,82)67-69(54,48-80)35-21-9-1-5-13-25-39-75-67)53-46-79-43-27-15-7-4-12-24-38-72-66(83-72)59(64-62-52(34-42-74-64)50-30-18-20-32-56(50)78-62)60(53)70(47-79)36-22-10-2-6-14-26-40-76-68(70)72/h1-4,9-12,17-20,29-32,34,42,46,54,57-60,63,65-68,73,75-78,81-82H,5-8,13-16,21-28,33,35-41,43-45,47-48H2/b9-1-,10-2-,11-3-,12-4-/t54-,57?,58+,59+,60-,63+,65-,66-,67+,68+,69-,70-,71+,72-/m0/s1. The quantitative estimate of drug-likeness (QED) is 0.0695. The van der Waals surface area contributed by atoms with Gasteiger partial charge in [-0.3, -0.25) is 9.88 Å². The van der Waals surface area contributed by atoms with Crippen LogP contribution in [0.1, 0.15) is 164 Å². The average Bonchev–Trinajstić information content (AvgIpc) is 1.66. The number of ether oxygens (including phenoxy) is 1. The van der Waals surface area contributed by atoms with Crippen LogP contribution in [0, 0.1) is 28.6 Å². The van der Waals surface area contributed by atoms with Crippen molar-refractivity contribution in [3.63, 3.8) is 0 Å². The van der Waals surface area contributed by atoms with Gasteiger partial charge in [0.15, 0.2) is 0 Å². The Morgan fingerprint density at radius 3 is 2.02 bits per heavy atom. The van der Waals surface area contributed by atoms with Gasteiger partial charge in [0.2, 0.25) is 0 Å². The van der Waals surface area contributed by atoms with E-state index in [1.165, 1.54) is 57.0 Å². The van der Waals surface area contributed by atoms with Crippen molar-refractivity contribution in [1.82, 2.24) is 40.7 Å². The highest BCUT2D eigenvalue weighted by Crippen LogP contribution is 2.70. The Bertz CT molecular complexity index is 3300. The third-order valence-corrected chi connectivity index (χ3v) is 23.4. The van der Waals surface area contributed by atoms with Crippen molar-refractivity contribution < 1.29 is 14.9 Å². The molecule has 2 aromatic carbocycles. The number of piperidine rings is 1. The van der Waals surface area contributed by atoms with E-state index in [-0.39, 0.29) is 70.4 Å². The van der Waals surface area contributed by atoms with Crippen molar-refractivity contribution in [2.24, 2.45) is 28.6 Å². The number of hydrogen-bond acceptors (Lipinski definition) is 9. The van der Waals surface area contributed by atoms with Crippen LogP contribution >= 0.6 is 0 Å². The number of rotatable bonds is 3. The third-order valence-electron chi connectivity index (χ3n) is 23.4. The third kappa shape index (κ3) is 9.33. The van der Waals surface area contributed by atoms with Gasteiger partial charge in [-0.2, -0.15) is 0 Å². The van der Waals surface area contributed by atoms with Crippen molar-refractivity contribution in [1.29, 1.82) is 0 Å². The average molecular weight is 1120 g/mol. The van der Waals surface area contributed by atoms with E-state index in [9.17, 15) is 10.2 Å². The van der Waals surface area contributed by atoms with Gasteiger partial charge in [-0.1, -0.05) is 85.0 Å². The summed E-state index contributed by atoms with van der Waals surface area (Å²) in [4.78, 5) is 19.6. The Morgan fingerprint density at radius 1 is 0.602 bits per heavy atom. The normalized spacial score (nSPS) is 40.5. The molecule has 3 spiro atoms. The van der Waals surface area contributed by atoms with Crippen LogP contribution in [-0.4, -0.2) is 122 Å². The first-order valence-corrected chi connectivity index (χ1v) is 33.4. The van der Waals surface area contributed by atoms with Gasteiger partial charge in [-0.25, -0.2) is 0 Å². The maximum absolute atomic E-state index is 14.3. The van der Waals surface area contributed by atoms with E-state index in [0.717, 1.165) is 173 Å². The van der Waals surface area contributed by atoms with Crippen molar-refractivity contribution in [3.8, 4) is 0 Å². The van der Waals surface area contributed by atoms with E-state index >= 15 is 0 Å². The van der Waals surface area contributed by atoms with Crippen LogP contribution in [-0.2, 0) is 11.2 Å². The number of aromatic nitrogens is 3. The van der Waals surface area contributed by atoms with Gasteiger partial charge in [0.1, 0.15) is 11.2 Å². The lowest BCUT2D eigenvalue weighted by Crippen LogP contribution is -2.78. The lowest BCUT2D eigenvalue weighted by molar-refractivity contribution is -0.238. The molecule has 10 aliphatic rings. The Labute approximate surface area is 493 Å². The summed E-state index contributed by atoms with van der Waals surface area (Å²) in [6.07, 6.45) is 46.1. The molecule has 11 heteroatoms. The monoisotopic (exact) mass is 1120 g/mol. The second-order valence-corrected chi connectivity index (χ2v) is 27.7. The zero-order chi connectivity index (χ0) is 55.6. The van der Waals surface area contributed by atoms with E-state index in [4.69, 9.17) is 9.72 Å². The summed E-state index contributed by atoms with van der Waals surface area (Å²) in [6, 6.07) is 19.8. The second-order valence-electron chi connectivity index (χ2n) is 27.7. The van der Waals surface area contributed by atoms with Crippen molar-refractivity contribution in [2.75, 3.05) is 45.8 Å². The SMILES string of the molecule is O[C@H]1[C@@H]([C@H]2NCCc3c2[nH]c2ccccc32)[C@@H]2CC(C3=CN4CCCC/C=C\CC[C@]56O[C@H]5[C@@H](c5nccc7c5[nH]c5ccccc57)[C@H]3[C@]3(CC/C=C\CCCCN[C@H]36)C4)N3CCCC/C=C\CC[C@]1(O)[C@@H]1NCCCC/C=C\CC[C@]21C3. The first kappa shape index (κ1) is 54.8. The lowest BCUT2D eigenvalue weighted by atomic mass is 9.45. The fourth-order valence-electron chi connectivity index (χ4n) is 19.9. The summed E-state index contributed by atoms with van der Waals surface area (Å²) >= 11 is 0. The van der Waals surface area contributed by atoms with E-state index in [1.807, 2.05) is 0 Å². The number of nitrogens with zero attached hydrogens (tertiary/aromatic N) is 3. The summed E-state index contributed by atoms with van der Waals surface area (Å²) in [5.41, 5.74) is 6.60. The van der Waals surface area contributed by atoms with Gasteiger partial charge < -0.3 is 45.8 Å². The first-order valence-electron chi connectivity index (χ1n) is 33.4. The highest BCUT2D eigenvalue weighted by atomic mass is 16.6. The van der Waals surface area contributed by atoms with Crippen LogP contribution in [0.3, 0.4) is 0 Å². The number of nitrogens with one attached hydrogen (secondary N) is 5. The molecule has 8 aliphatic heterocycles. The molecule has 15 atom stereocenters. The summed E-state index contributed by atoms with van der Waals surface area (Å²) in [6.45, 7) is 6.54. The molecule has 2 saturated carbocycles. The summed E-state index contributed by atoms with van der Waals surface area (Å²) in [5, 5.41) is 45.1. The van der Waals surface area contributed by atoms with Crippen LogP contribution in [0.4, 0.5) is 0 Å². The summed E-state index contributed by atoms with van der Waals surface area (Å²) < 4.78 is 7.83. The summed E-state index contributed by atoms with van der Waals surface area (Å²) in [5.74, 6) is -0.0837. The zero-order valence-electron chi connectivity index (χ0n) is 49.4. The number of fused-ring (bicyclic) bond motifs is 8. The molecule has 0 amide bonds. The minimum absolute atomic E-state index is 0.00196. The van der Waals surface area contributed by atoms with Gasteiger partial charge in [0.25, 0.3) is 0 Å². The molecule has 6 bridgehead atoms. The van der Waals surface area contributed by atoms with Crippen molar-refractivity contribution in [3.05, 3.63) is 138 Å². The van der Waals surface area contributed by atoms with Gasteiger partial charge >= 0.3 is 0 Å². The number of aromatic amines is 2. The van der Waals surface area contributed by atoms with Crippen LogP contribution in [0.15, 0.2) is 121 Å². The van der Waals surface area contributed by atoms with E-state index in [1.54, 1.807) is 5.57 Å². The molecule has 7 N–H and O–H groups in total. The molecule has 2 unspecified atom stereocenters. The molecular weight excluding hydrogens is 1020 g/mol. The minimum atomic E-state index is -1.36. The number of pyridine rings is 1. The van der Waals surface area contributed by atoms with Gasteiger partial charge in [0, 0.05) is 112 Å². The topological polar surface area (TPSA) is 140 Å². The van der Waals surface area contributed by atoms with E-state index < -0.39 is 11.7 Å². The predicted molar refractivity (Wildman–Crippen MR) is 335 cm³/mol. The number of aliphatic hydroxyl groups excluding tert-OH is 1. The van der Waals surface area contributed by atoms with Crippen LogP contribution < -0.4 is 16.0 Å². The van der Waals surface area contributed by atoms with Crippen LogP contribution in [0.5, 0.6) is 0 Å². The molecular formula is C72H94N8O3. The predicted octanol–water partition coefficient (Wildman–Crippen LogP) is 12.5. The Kier molecular flexibility index (Phi) is 15.0. The lowest BCUT2D eigenvalue weighted by Gasteiger charge is -2.68. The molecule has 5 aromatic rings. The highest BCUT2D eigenvalue weighted by molar-refractivity contribution is 6.08. The Balaban J connectivity index is 0.972. The number of H-pyrrole nitrogens is 2. The molecule has 440 valence electrons. The maximum atomic E-state index is 14.3. The Hall–Kier alpha value is -4.85. The Morgan fingerprint density at radius 2 is 1.25 bits per heavy atom. The first-order chi connectivity index (χ1) is 40.9. The number of hydrogen-bond donors (Lipinski definition) is 7. The molecule has 15 rings (SSSR count). The number of epoxide rings is 1. The molecule has 2 aliphatic carbocycles. The maximum Gasteiger partial charge on any atom is 0.112 e. The smallest absolute Gasteiger partial charge is 0.112 e. The molecule has 2 saturated heterocycles. The summed E-state index contributed by atoms with van der Waals surface area (Å²) in [7, 11) is 0. The highest BCUT2D eigenvalue weighted by Gasteiger charge is 2.77. The molecule has 83 heavy (non-hydrogen) atoms. The second kappa shape index (κ2) is 22.8. The number of aliphatic hydroxyl groups is 2. The molecule has 11 nitrogen and oxygen atoms in total. The van der Waals surface area contributed by atoms with E-state index in [2.05, 4.69) is 151 Å². The van der Waals surface area contributed by atoms with Crippen LogP contribution in [0.2, 0.25) is 0 Å². The number of para-hydroxylation sites is 2. The fourth-order valence-corrected chi connectivity index (χ4v) is 19.9. The van der Waals surface area contributed by atoms with Gasteiger partial charge in [-0.15, -0.1) is 0 Å². The van der Waals surface area contributed by atoms with Crippen LogP contribution in [0.25, 0.3) is 32.7 Å². The fraction of sp³-hybridized carbons (Fsp3) is 0.597. The molecule has 11 heterocycles.